The predicted octanol–water partition coefficient (Wildman–Crippen LogP) is 3.59. The Morgan fingerprint density at radius 2 is 2.00 bits per heavy atom. The molecule has 2 aromatic rings. The van der Waals surface area contributed by atoms with E-state index in [1.54, 1.807) is 13.2 Å². The van der Waals surface area contributed by atoms with E-state index < -0.39 is 0 Å². The first-order valence-corrected chi connectivity index (χ1v) is 9.29. The topological polar surface area (TPSA) is 55.3 Å². The van der Waals surface area contributed by atoms with Gasteiger partial charge in [-0.25, -0.2) is 9.97 Å². The molecule has 3 rings (SSSR count). The van der Waals surface area contributed by atoms with Gasteiger partial charge in [0, 0.05) is 18.8 Å². The molecule has 1 aromatic heterocycles. The lowest BCUT2D eigenvalue weighted by atomic mass is 9.91. The Balaban J connectivity index is 1.58. The van der Waals surface area contributed by atoms with Crippen molar-refractivity contribution >= 4 is 5.91 Å². The molecule has 26 heavy (non-hydrogen) atoms. The molecule has 138 valence electrons. The second-order valence-corrected chi connectivity index (χ2v) is 7.09. The fourth-order valence-corrected chi connectivity index (χ4v) is 3.64. The summed E-state index contributed by atoms with van der Waals surface area (Å²) in [5.74, 6) is 2.12. The van der Waals surface area contributed by atoms with Gasteiger partial charge >= 0.3 is 0 Å². The summed E-state index contributed by atoms with van der Waals surface area (Å²) in [4.78, 5) is 23.4. The largest absolute Gasteiger partial charge is 0.497 e. The summed E-state index contributed by atoms with van der Waals surface area (Å²) in [5.41, 5.74) is 2.68. The molecule has 1 atom stereocenters. The van der Waals surface area contributed by atoms with Crippen molar-refractivity contribution in [3.63, 3.8) is 0 Å². The molecule has 0 saturated carbocycles. The van der Waals surface area contributed by atoms with Crippen LogP contribution in [0.5, 0.6) is 5.75 Å². The van der Waals surface area contributed by atoms with Gasteiger partial charge in [-0.15, -0.1) is 0 Å². The van der Waals surface area contributed by atoms with Crippen molar-refractivity contribution < 1.29 is 9.53 Å². The number of aromatic nitrogens is 2. The van der Waals surface area contributed by atoms with E-state index in [-0.39, 0.29) is 5.91 Å². The highest BCUT2D eigenvalue weighted by Crippen LogP contribution is 2.23. The van der Waals surface area contributed by atoms with Crippen molar-refractivity contribution in [2.75, 3.05) is 20.2 Å². The number of hydrogen-bond acceptors (Lipinski definition) is 4. The summed E-state index contributed by atoms with van der Waals surface area (Å²) in [7, 11) is 1.68. The van der Waals surface area contributed by atoms with Crippen LogP contribution in [0.25, 0.3) is 0 Å². The van der Waals surface area contributed by atoms with E-state index >= 15 is 0 Å². The number of benzene rings is 1. The summed E-state index contributed by atoms with van der Waals surface area (Å²) >= 11 is 0. The number of piperidine rings is 1. The van der Waals surface area contributed by atoms with E-state index in [1.807, 2.05) is 30.9 Å². The number of rotatable bonds is 5. The fourth-order valence-electron chi connectivity index (χ4n) is 3.64. The molecule has 0 N–H and O–H groups in total. The molecule has 1 saturated heterocycles. The van der Waals surface area contributed by atoms with Gasteiger partial charge in [0.2, 0.25) is 0 Å². The van der Waals surface area contributed by atoms with Crippen LogP contribution in [-0.4, -0.2) is 41.0 Å². The van der Waals surface area contributed by atoms with Gasteiger partial charge in [0.15, 0.2) is 0 Å². The van der Waals surface area contributed by atoms with Gasteiger partial charge in [0.25, 0.3) is 5.91 Å². The number of carbonyl (C=O) groups excluding carboxylic acids is 1. The highest BCUT2D eigenvalue weighted by molar-refractivity contribution is 5.92. The third kappa shape index (κ3) is 4.59. The van der Waals surface area contributed by atoms with Crippen LogP contribution in [-0.2, 0) is 6.42 Å². The van der Waals surface area contributed by atoms with Crippen LogP contribution in [0.1, 0.15) is 46.8 Å². The van der Waals surface area contributed by atoms with Crippen LogP contribution in [0.3, 0.4) is 0 Å². The van der Waals surface area contributed by atoms with Crippen LogP contribution < -0.4 is 4.74 Å². The molecule has 0 spiro atoms. The zero-order chi connectivity index (χ0) is 18.5. The van der Waals surface area contributed by atoms with E-state index in [0.29, 0.717) is 17.4 Å². The van der Waals surface area contributed by atoms with E-state index in [1.165, 1.54) is 12.0 Å². The molecule has 1 aromatic carbocycles. The number of amides is 1. The Morgan fingerprint density at radius 1 is 1.23 bits per heavy atom. The molecule has 0 bridgehead atoms. The summed E-state index contributed by atoms with van der Waals surface area (Å²) in [6.45, 7) is 5.37. The van der Waals surface area contributed by atoms with E-state index in [9.17, 15) is 4.79 Å². The molecule has 2 heterocycles. The Bertz CT molecular complexity index is 738. The number of aryl methyl sites for hydroxylation is 3. The maximum atomic E-state index is 12.8. The Morgan fingerprint density at radius 3 is 2.69 bits per heavy atom. The molecule has 1 aliphatic rings. The second-order valence-electron chi connectivity index (χ2n) is 7.09. The third-order valence-corrected chi connectivity index (χ3v) is 4.99. The quantitative estimate of drug-likeness (QED) is 0.824. The first kappa shape index (κ1) is 18.4. The molecule has 1 aliphatic heterocycles. The van der Waals surface area contributed by atoms with Crippen LogP contribution in [0.2, 0.25) is 0 Å². The second kappa shape index (κ2) is 8.30. The Kier molecular flexibility index (Phi) is 5.86. The van der Waals surface area contributed by atoms with E-state index in [2.05, 4.69) is 22.1 Å². The standard InChI is InChI=1S/C21H27N3O2/c1-15-13-20(23-16(2)22-15)21(25)24-12-4-5-18(14-24)7-6-17-8-10-19(26-3)11-9-17/h8-11,13,18H,4-7,12,14H2,1-3H3/t18-/m1/s1. The van der Waals surface area contributed by atoms with Gasteiger partial charge in [-0.3, -0.25) is 4.79 Å². The molecule has 0 aliphatic carbocycles. The molecule has 0 unspecified atom stereocenters. The highest BCUT2D eigenvalue weighted by atomic mass is 16.5. The number of likely N-dealkylation sites (tertiary alicyclic amines) is 1. The minimum Gasteiger partial charge on any atom is -0.497 e. The van der Waals surface area contributed by atoms with Gasteiger partial charge in [0.1, 0.15) is 17.3 Å². The smallest absolute Gasteiger partial charge is 0.272 e. The van der Waals surface area contributed by atoms with Crippen molar-refractivity contribution in [3.05, 3.63) is 53.1 Å². The van der Waals surface area contributed by atoms with Gasteiger partial charge in [-0.1, -0.05) is 12.1 Å². The number of nitrogens with zero attached hydrogens (tertiary/aromatic N) is 3. The van der Waals surface area contributed by atoms with Crippen molar-refractivity contribution in [2.45, 2.75) is 39.5 Å². The molecule has 5 heteroatoms. The van der Waals surface area contributed by atoms with E-state index in [4.69, 9.17) is 4.74 Å². The average Bonchev–Trinajstić information content (AvgIpc) is 2.65. The summed E-state index contributed by atoms with van der Waals surface area (Å²) in [5, 5.41) is 0. The lowest BCUT2D eigenvalue weighted by Crippen LogP contribution is -2.40. The SMILES string of the molecule is COc1ccc(CC[C@H]2CCCN(C(=O)c3cc(C)nc(C)n3)C2)cc1. The zero-order valence-corrected chi connectivity index (χ0v) is 15.9. The third-order valence-electron chi connectivity index (χ3n) is 4.99. The fraction of sp³-hybridized carbons (Fsp3) is 0.476. The lowest BCUT2D eigenvalue weighted by Gasteiger charge is -2.32. The number of ether oxygens (including phenoxy) is 1. The van der Waals surface area contributed by atoms with E-state index in [0.717, 1.165) is 43.8 Å². The molecule has 0 radical (unpaired) electrons. The maximum absolute atomic E-state index is 12.8. The van der Waals surface area contributed by atoms with Crippen LogP contribution in [0, 0.1) is 19.8 Å². The molecular weight excluding hydrogens is 326 g/mol. The normalized spacial score (nSPS) is 17.2. The van der Waals surface area contributed by atoms with Crippen LogP contribution >= 0.6 is 0 Å². The van der Waals surface area contributed by atoms with Crippen molar-refractivity contribution in [2.24, 2.45) is 5.92 Å². The Hall–Kier alpha value is -2.43. The summed E-state index contributed by atoms with van der Waals surface area (Å²) in [6, 6.07) is 10.0. The minimum absolute atomic E-state index is 0.0350. The molecular formula is C21H27N3O2. The molecule has 1 amide bonds. The molecule has 1 fully saturated rings. The van der Waals surface area contributed by atoms with Crippen molar-refractivity contribution in [1.29, 1.82) is 0 Å². The first-order valence-electron chi connectivity index (χ1n) is 9.29. The van der Waals surface area contributed by atoms with Crippen molar-refractivity contribution in [3.8, 4) is 5.75 Å². The summed E-state index contributed by atoms with van der Waals surface area (Å²) in [6.07, 6.45) is 4.37. The maximum Gasteiger partial charge on any atom is 0.272 e. The number of hydrogen-bond donors (Lipinski definition) is 0. The number of carbonyl (C=O) groups is 1. The lowest BCUT2D eigenvalue weighted by molar-refractivity contribution is 0.0661. The predicted molar refractivity (Wildman–Crippen MR) is 101 cm³/mol. The van der Waals surface area contributed by atoms with Crippen LogP contribution in [0.4, 0.5) is 0 Å². The highest BCUT2D eigenvalue weighted by Gasteiger charge is 2.25. The Labute approximate surface area is 155 Å². The monoisotopic (exact) mass is 353 g/mol. The van der Waals surface area contributed by atoms with Gasteiger partial charge in [-0.05, 0) is 69.2 Å². The minimum atomic E-state index is 0.0350. The first-order chi connectivity index (χ1) is 12.5. The number of methoxy groups -OCH3 is 1. The van der Waals surface area contributed by atoms with Gasteiger partial charge < -0.3 is 9.64 Å². The summed E-state index contributed by atoms with van der Waals surface area (Å²) < 4.78 is 5.21. The van der Waals surface area contributed by atoms with Crippen LogP contribution in [0.15, 0.2) is 30.3 Å². The van der Waals surface area contributed by atoms with Gasteiger partial charge in [0.05, 0.1) is 7.11 Å². The average molecular weight is 353 g/mol. The van der Waals surface area contributed by atoms with Gasteiger partial charge in [-0.2, -0.15) is 0 Å². The molecule has 5 nitrogen and oxygen atoms in total. The zero-order valence-electron chi connectivity index (χ0n) is 15.9. The van der Waals surface area contributed by atoms with Crippen molar-refractivity contribution in [1.82, 2.24) is 14.9 Å².